The van der Waals surface area contributed by atoms with Crippen molar-refractivity contribution in [2.45, 2.75) is 59.7 Å². The summed E-state index contributed by atoms with van der Waals surface area (Å²) in [5.41, 5.74) is -1.98. The highest BCUT2D eigenvalue weighted by atomic mass is 32.1. The molecule has 9 nitrogen and oxygen atoms in total. The molecule has 27 heavy (non-hydrogen) atoms. The average molecular weight is 400 g/mol. The third kappa shape index (κ3) is 6.97. The monoisotopic (exact) mass is 400 g/mol. The molecule has 0 N–H and O–H groups in total. The van der Waals surface area contributed by atoms with Crippen molar-refractivity contribution in [1.29, 1.82) is 0 Å². The Labute approximate surface area is 160 Å². The van der Waals surface area contributed by atoms with E-state index in [-0.39, 0.29) is 17.1 Å². The standard InChI is InChI=1S/C17H24N2O7S/c1-8-24-12(21)11(20)10-9-27-13(18-14(22)25-16(2,3)4)19(10)15(23)26-17(5,6)7/h9H,8H2,1-7H3. The van der Waals surface area contributed by atoms with Crippen LogP contribution in [0.1, 0.15) is 59.0 Å². The lowest BCUT2D eigenvalue weighted by atomic mass is 10.2. The van der Waals surface area contributed by atoms with Crippen molar-refractivity contribution in [2.24, 2.45) is 4.99 Å². The van der Waals surface area contributed by atoms with Crippen LogP contribution < -0.4 is 4.80 Å². The lowest BCUT2D eigenvalue weighted by molar-refractivity contribution is -0.137. The summed E-state index contributed by atoms with van der Waals surface area (Å²) in [7, 11) is 0. The lowest BCUT2D eigenvalue weighted by Gasteiger charge is -2.20. The summed E-state index contributed by atoms with van der Waals surface area (Å²) in [5, 5.41) is 1.23. The number of carbonyl (C=O) groups excluding carboxylic acids is 4. The van der Waals surface area contributed by atoms with Crippen LogP contribution in [0.3, 0.4) is 0 Å². The molecule has 1 aromatic heterocycles. The molecule has 0 bridgehead atoms. The minimum Gasteiger partial charge on any atom is -0.460 e. The minimum atomic E-state index is -1.13. The summed E-state index contributed by atoms with van der Waals surface area (Å²) in [4.78, 5) is 52.1. The normalized spacial score (nSPS) is 12.5. The molecular formula is C17H24N2O7S. The highest BCUT2D eigenvalue weighted by Gasteiger charge is 2.29. The maximum absolute atomic E-state index is 12.5. The Bertz CT molecular complexity index is 806. The van der Waals surface area contributed by atoms with Gasteiger partial charge in [-0.1, -0.05) is 0 Å². The average Bonchev–Trinajstić information content (AvgIpc) is 2.86. The fourth-order valence-electron chi connectivity index (χ4n) is 1.70. The van der Waals surface area contributed by atoms with Gasteiger partial charge in [0.15, 0.2) is 0 Å². The van der Waals surface area contributed by atoms with Crippen LogP contribution in [0.25, 0.3) is 0 Å². The summed E-state index contributed by atoms with van der Waals surface area (Å²) in [6, 6.07) is 0. The third-order valence-corrected chi connectivity index (χ3v) is 3.38. The van der Waals surface area contributed by atoms with Crippen LogP contribution in [0, 0.1) is 0 Å². The lowest BCUT2D eigenvalue weighted by Crippen LogP contribution is -2.36. The summed E-state index contributed by atoms with van der Waals surface area (Å²) >= 11 is 0.815. The molecule has 0 aliphatic rings. The van der Waals surface area contributed by atoms with Gasteiger partial charge in [0.1, 0.15) is 16.9 Å². The van der Waals surface area contributed by atoms with E-state index in [2.05, 4.69) is 9.73 Å². The van der Waals surface area contributed by atoms with Crippen molar-refractivity contribution in [2.75, 3.05) is 6.61 Å². The van der Waals surface area contributed by atoms with Crippen molar-refractivity contribution >= 4 is 35.3 Å². The van der Waals surface area contributed by atoms with Gasteiger partial charge in [0.2, 0.25) is 4.80 Å². The van der Waals surface area contributed by atoms with Gasteiger partial charge in [-0.25, -0.2) is 19.0 Å². The molecule has 150 valence electrons. The van der Waals surface area contributed by atoms with Crippen LogP contribution in [-0.2, 0) is 19.0 Å². The van der Waals surface area contributed by atoms with Crippen LogP contribution in [0.15, 0.2) is 10.4 Å². The van der Waals surface area contributed by atoms with Gasteiger partial charge in [0.05, 0.1) is 6.61 Å². The molecule has 10 heteroatoms. The van der Waals surface area contributed by atoms with Crippen LogP contribution in [0.5, 0.6) is 0 Å². The van der Waals surface area contributed by atoms with Gasteiger partial charge in [-0.3, -0.25) is 4.79 Å². The van der Waals surface area contributed by atoms with E-state index >= 15 is 0 Å². The van der Waals surface area contributed by atoms with Crippen molar-refractivity contribution in [1.82, 2.24) is 4.57 Å². The molecule has 0 atom stereocenters. The highest BCUT2D eigenvalue weighted by Crippen LogP contribution is 2.13. The summed E-state index contributed by atoms with van der Waals surface area (Å²) in [6.07, 6.45) is -1.91. The zero-order chi connectivity index (χ0) is 21.0. The fraction of sp³-hybridized carbons (Fsp3) is 0.588. The molecule has 1 aromatic rings. The number of hydrogen-bond donors (Lipinski definition) is 0. The first kappa shape index (κ1) is 22.6. The van der Waals surface area contributed by atoms with Gasteiger partial charge < -0.3 is 14.2 Å². The van der Waals surface area contributed by atoms with E-state index in [0.717, 1.165) is 15.9 Å². The topological polar surface area (TPSA) is 113 Å². The number of esters is 1. The van der Waals surface area contributed by atoms with Gasteiger partial charge in [-0.2, -0.15) is 0 Å². The Morgan fingerprint density at radius 3 is 2.07 bits per heavy atom. The predicted octanol–water partition coefficient (Wildman–Crippen LogP) is 2.91. The number of amides is 1. The fourth-order valence-corrected chi connectivity index (χ4v) is 2.53. The zero-order valence-corrected chi connectivity index (χ0v) is 17.3. The largest absolute Gasteiger partial charge is 0.460 e. The van der Waals surface area contributed by atoms with E-state index < -0.39 is 35.1 Å². The first-order chi connectivity index (χ1) is 12.2. The van der Waals surface area contributed by atoms with Gasteiger partial charge >= 0.3 is 18.2 Å². The summed E-state index contributed by atoms with van der Waals surface area (Å²) in [5.74, 6) is -2.18. The van der Waals surface area contributed by atoms with Crippen LogP contribution in [0.2, 0.25) is 0 Å². The number of Topliss-reactive ketones (excluding diaryl/α,β-unsaturated/α-hetero) is 1. The second-order valence-electron chi connectivity index (χ2n) is 7.36. The molecular weight excluding hydrogens is 376 g/mol. The summed E-state index contributed by atoms with van der Waals surface area (Å²) in [6.45, 7) is 11.4. The molecule has 0 aliphatic carbocycles. The molecule has 0 saturated carbocycles. The number of ether oxygens (including phenoxy) is 3. The second kappa shape index (κ2) is 8.47. The number of thiazole rings is 1. The Balaban J connectivity index is 3.44. The first-order valence-corrected chi connectivity index (χ1v) is 9.06. The van der Waals surface area contributed by atoms with Gasteiger partial charge in [-0.15, -0.1) is 16.3 Å². The van der Waals surface area contributed by atoms with Crippen LogP contribution >= 0.6 is 11.3 Å². The SMILES string of the molecule is CCOC(=O)C(=O)c1csc(=NC(=O)OC(C)(C)C)n1C(=O)OC(C)(C)C. The molecule has 0 aromatic carbocycles. The van der Waals surface area contributed by atoms with Crippen molar-refractivity contribution in [3.63, 3.8) is 0 Å². The molecule has 0 radical (unpaired) electrons. The van der Waals surface area contributed by atoms with Crippen molar-refractivity contribution in [3.05, 3.63) is 15.9 Å². The second-order valence-corrected chi connectivity index (χ2v) is 8.20. The molecule has 1 heterocycles. The number of hydrogen-bond acceptors (Lipinski definition) is 8. The zero-order valence-electron chi connectivity index (χ0n) is 16.4. The maximum Gasteiger partial charge on any atom is 0.436 e. The Morgan fingerprint density at radius 1 is 1.04 bits per heavy atom. The number of ketones is 1. The maximum atomic E-state index is 12.5. The molecule has 0 unspecified atom stereocenters. The van der Waals surface area contributed by atoms with Crippen molar-refractivity contribution in [3.8, 4) is 0 Å². The van der Waals surface area contributed by atoms with E-state index in [1.165, 1.54) is 5.38 Å². The smallest absolute Gasteiger partial charge is 0.436 e. The predicted molar refractivity (Wildman–Crippen MR) is 96.7 cm³/mol. The Kier molecular flexibility index (Phi) is 7.07. The third-order valence-electron chi connectivity index (χ3n) is 2.56. The van der Waals surface area contributed by atoms with Crippen molar-refractivity contribution < 1.29 is 33.4 Å². The van der Waals surface area contributed by atoms with E-state index in [0.29, 0.717) is 0 Å². The number of carbonyl (C=O) groups is 4. The molecule has 0 saturated heterocycles. The summed E-state index contributed by atoms with van der Waals surface area (Å²) < 4.78 is 15.8. The van der Waals surface area contributed by atoms with E-state index in [1.807, 2.05) is 0 Å². The van der Waals surface area contributed by atoms with Gasteiger partial charge in [-0.05, 0) is 48.5 Å². The molecule has 1 amide bonds. The molecule has 0 spiro atoms. The van der Waals surface area contributed by atoms with Gasteiger partial charge in [0, 0.05) is 5.38 Å². The van der Waals surface area contributed by atoms with E-state index in [4.69, 9.17) is 9.47 Å². The molecule has 0 fully saturated rings. The van der Waals surface area contributed by atoms with E-state index in [1.54, 1.807) is 48.5 Å². The molecule has 0 aliphatic heterocycles. The Hall–Kier alpha value is -2.49. The highest BCUT2D eigenvalue weighted by molar-refractivity contribution is 7.07. The quantitative estimate of drug-likeness (QED) is 0.332. The number of aromatic nitrogens is 1. The van der Waals surface area contributed by atoms with Crippen LogP contribution in [0.4, 0.5) is 9.59 Å². The van der Waals surface area contributed by atoms with Gasteiger partial charge in [0.25, 0.3) is 5.78 Å². The minimum absolute atomic E-state index is 0.00368. The Morgan fingerprint density at radius 2 is 1.59 bits per heavy atom. The van der Waals surface area contributed by atoms with E-state index in [9.17, 15) is 19.2 Å². The first-order valence-electron chi connectivity index (χ1n) is 8.18. The van der Waals surface area contributed by atoms with Crippen LogP contribution in [-0.4, -0.2) is 46.3 Å². The number of rotatable bonds is 3. The number of nitrogens with zero attached hydrogens (tertiary/aromatic N) is 2. The molecule has 1 rings (SSSR count).